The van der Waals surface area contributed by atoms with E-state index in [0.717, 1.165) is 18.2 Å². The molecule has 0 bridgehead atoms. The molecular formula is C16H19ClN2O2S. The van der Waals surface area contributed by atoms with Gasteiger partial charge in [-0.3, -0.25) is 0 Å². The molecular weight excluding hydrogens is 320 g/mol. The van der Waals surface area contributed by atoms with Crippen molar-refractivity contribution in [1.82, 2.24) is 9.62 Å². The molecule has 0 radical (unpaired) electrons. The lowest BCUT2D eigenvalue weighted by molar-refractivity contribution is 0.379. The summed E-state index contributed by atoms with van der Waals surface area (Å²) in [5, 5.41) is 5.11. The van der Waals surface area contributed by atoms with E-state index >= 15 is 0 Å². The summed E-state index contributed by atoms with van der Waals surface area (Å²) >= 11 is 6.20. The first-order valence-corrected chi connectivity index (χ1v) is 9.21. The Morgan fingerprint density at radius 1 is 1.23 bits per heavy atom. The molecule has 2 aromatic rings. The predicted octanol–water partition coefficient (Wildman–Crippen LogP) is 2.87. The molecule has 22 heavy (non-hydrogen) atoms. The molecule has 0 saturated carbocycles. The first-order valence-electron chi connectivity index (χ1n) is 7.39. The van der Waals surface area contributed by atoms with Crippen molar-refractivity contribution in [3.63, 3.8) is 0 Å². The van der Waals surface area contributed by atoms with Gasteiger partial charge in [-0.15, -0.1) is 0 Å². The van der Waals surface area contributed by atoms with E-state index in [9.17, 15) is 8.42 Å². The average Bonchev–Trinajstić information content (AvgIpc) is 2.97. The Balaban J connectivity index is 2.12. The maximum atomic E-state index is 13.1. The van der Waals surface area contributed by atoms with Gasteiger partial charge in [0.25, 0.3) is 0 Å². The highest BCUT2D eigenvalue weighted by Crippen LogP contribution is 2.33. The molecule has 4 nitrogen and oxygen atoms in total. The number of benzene rings is 2. The number of sulfonamides is 1. The van der Waals surface area contributed by atoms with Crippen molar-refractivity contribution in [2.24, 2.45) is 0 Å². The second-order valence-electron chi connectivity index (χ2n) is 5.56. The van der Waals surface area contributed by atoms with Crippen molar-refractivity contribution in [2.75, 3.05) is 20.1 Å². The molecule has 3 rings (SSSR count). The van der Waals surface area contributed by atoms with Crippen LogP contribution < -0.4 is 5.32 Å². The van der Waals surface area contributed by atoms with E-state index in [1.165, 1.54) is 0 Å². The van der Waals surface area contributed by atoms with Crippen LogP contribution in [0, 0.1) is 0 Å². The van der Waals surface area contributed by atoms with Crippen molar-refractivity contribution >= 4 is 32.4 Å². The summed E-state index contributed by atoms with van der Waals surface area (Å²) in [6.45, 7) is 1.25. The van der Waals surface area contributed by atoms with Crippen LogP contribution in [0.15, 0.2) is 41.3 Å². The largest absolute Gasteiger partial charge is 0.318 e. The maximum absolute atomic E-state index is 13.1. The monoisotopic (exact) mass is 338 g/mol. The molecule has 1 heterocycles. The highest BCUT2D eigenvalue weighted by atomic mass is 35.5. The quantitative estimate of drug-likeness (QED) is 0.932. The standard InChI is InChI=1S/C16H19ClN2O2S/c1-18-11-12-5-4-10-19(12)22(20,21)16-9-8-15(17)13-6-2-3-7-14(13)16/h2-3,6-9,12,18H,4-5,10-11H2,1H3. The fraction of sp³-hybridized carbons (Fsp3) is 0.375. The SMILES string of the molecule is CNCC1CCCN1S(=O)(=O)c1ccc(Cl)c2ccccc12. The van der Waals surface area contributed by atoms with Crippen LogP contribution in [0.4, 0.5) is 0 Å². The number of likely N-dealkylation sites (N-methyl/N-ethyl adjacent to an activating group) is 1. The van der Waals surface area contributed by atoms with Crippen molar-refractivity contribution in [1.29, 1.82) is 0 Å². The van der Waals surface area contributed by atoms with Crippen LogP contribution in [-0.2, 0) is 10.0 Å². The molecule has 1 aliphatic rings. The normalized spacial score (nSPS) is 19.8. The van der Waals surface area contributed by atoms with Crippen molar-refractivity contribution in [2.45, 2.75) is 23.8 Å². The van der Waals surface area contributed by atoms with Crippen LogP contribution in [0.3, 0.4) is 0 Å². The molecule has 1 fully saturated rings. The third-order valence-electron chi connectivity index (χ3n) is 4.18. The van der Waals surface area contributed by atoms with Gasteiger partial charge in [0.1, 0.15) is 0 Å². The van der Waals surface area contributed by atoms with Gasteiger partial charge in [0.2, 0.25) is 10.0 Å². The molecule has 6 heteroatoms. The van der Waals surface area contributed by atoms with E-state index in [1.54, 1.807) is 16.4 Å². The smallest absolute Gasteiger partial charge is 0.243 e. The van der Waals surface area contributed by atoms with E-state index in [1.807, 2.05) is 31.3 Å². The molecule has 118 valence electrons. The molecule has 1 aliphatic heterocycles. The number of rotatable bonds is 4. The summed E-state index contributed by atoms with van der Waals surface area (Å²) in [5.74, 6) is 0. The summed E-state index contributed by atoms with van der Waals surface area (Å²) in [6, 6.07) is 10.7. The highest BCUT2D eigenvalue weighted by Gasteiger charge is 2.35. The molecule has 0 spiro atoms. The van der Waals surface area contributed by atoms with Gasteiger partial charge in [-0.25, -0.2) is 8.42 Å². The lowest BCUT2D eigenvalue weighted by Crippen LogP contribution is -2.40. The second kappa shape index (κ2) is 6.16. The molecule has 1 saturated heterocycles. The minimum Gasteiger partial charge on any atom is -0.318 e. The molecule has 1 N–H and O–H groups in total. The van der Waals surface area contributed by atoms with Crippen molar-refractivity contribution in [3.05, 3.63) is 41.4 Å². The van der Waals surface area contributed by atoms with Gasteiger partial charge in [-0.1, -0.05) is 35.9 Å². The highest BCUT2D eigenvalue weighted by molar-refractivity contribution is 7.89. The van der Waals surface area contributed by atoms with Crippen LogP contribution >= 0.6 is 11.6 Å². The number of hydrogen-bond donors (Lipinski definition) is 1. The minimum absolute atomic E-state index is 0.0180. The first kappa shape index (κ1) is 15.7. The molecule has 0 amide bonds. The van der Waals surface area contributed by atoms with Crippen LogP contribution in [0.1, 0.15) is 12.8 Å². The molecule has 1 unspecified atom stereocenters. The van der Waals surface area contributed by atoms with Crippen molar-refractivity contribution < 1.29 is 8.42 Å². The molecule has 2 aromatic carbocycles. The Hall–Kier alpha value is -1.14. The fourth-order valence-electron chi connectivity index (χ4n) is 3.15. The Bertz CT molecular complexity index is 792. The summed E-state index contributed by atoms with van der Waals surface area (Å²) in [5.41, 5.74) is 0. The Labute approximate surface area is 136 Å². The number of fused-ring (bicyclic) bond motifs is 1. The summed E-state index contributed by atoms with van der Waals surface area (Å²) in [4.78, 5) is 0.343. The first-order chi connectivity index (χ1) is 10.6. The molecule has 0 aromatic heterocycles. The van der Waals surface area contributed by atoms with E-state index in [4.69, 9.17) is 11.6 Å². The van der Waals surface area contributed by atoms with Gasteiger partial charge in [0.05, 0.1) is 4.90 Å². The Morgan fingerprint density at radius 2 is 1.95 bits per heavy atom. The summed E-state index contributed by atoms with van der Waals surface area (Å²) < 4.78 is 27.8. The third kappa shape index (κ3) is 2.63. The van der Waals surface area contributed by atoms with Crippen LogP contribution in [0.5, 0.6) is 0 Å². The van der Waals surface area contributed by atoms with E-state index in [0.29, 0.717) is 28.4 Å². The fourth-order valence-corrected chi connectivity index (χ4v) is 5.27. The van der Waals surface area contributed by atoms with Gasteiger partial charge in [-0.05, 0) is 32.0 Å². The average molecular weight is 339 g/mol. The zero-order chi connectivity index (χ0) is 15.7. The van der Waals surface area contributed by atoms with Gasteiger partial charge >= 0.3 is 0 Å². The van der Waals surface area contributed by atoms with E-state index in [2.05, 4.69) is 5.32 Å². The van der Waals surface area contributed by atoms with Crippen LogP contribution in [0.2, 0.25) is 5.02 Å². The van der Waals surface area contributed by atoms with Crippen LogP contribution in [0.25, 0.3) is 10.8 Å². The summed E-state index contributed by atoms with van der Waals surface area (Å²) in [6.07, 6.45) is 1.79. The summed E-state index contributed by atoms with van der Waals surface area (Å²) in [7, 11) is -1.67. The number of nitrogens with zero attached hydrogens (tertiary/aromatic N) is 1. The maximum Gasteiger partial charge on any atom is 0.243 e. The number of nitrogens with one attached hydrogen (secondary N) is 1. The van der Waals surface area contributed by atoms with E-state index in [-0.39, 0.29) is 6.04 Å². The number of hydrogen-bond acceptors (Lipinski definition) is 3. The second-order valence-corrected chi connectivity index (χ2v) is 7.83. The van der Waals surface area contributed by atoms with Gasteiger partial charge in [-0.2, -0.15) is 4.31 Å². The zero-order valence-corrected chi connectivity index (χ0v) is 14.0. The van der Waals surface area contributed by atoms with Crippen LogP contribution in [-0.4, -0.2) is 38.9 Å². The predicted molar refractivity (Wildman–Crippen MR) is 89.8 cm³/mol. The molecule has 1 atom stereocenters. The topological polar surface area (TPSA) is 49.4 Å². The van der Waals surface area contributed by atoms with E-state index < -0.39 is 10.0 Å². The lowest BCUT2D eigenvalue weighted by Gasteiger charge is -2.24. The molecule has 0 aliphatic carbocycles. The Morgan fingerprint density at radius 3 is 2.68 bits per heavy atom. The third-order valence-corrected chi connectivity index (χ3v) is 6.52. The van der Waals surface area contributed by atoms with Crippen molar-refractivity contribution in [3.8, 4) is 0 Å². The Kier molecular flexibility index (Phi) is 4.41. The minimum atomic E-state index is -3.52. The van der Waals surface area contributed by atoms with Gasteiger partial charge < -0.3 is 5.32 Å². The lowest BCUT2D eigenvalue weighted by atomic mass is 10.1. The number of halogens is 1. The zero-order valence-electron chi connectivity index (χ0n) is 12.4. The van der Waals surface area contributed by atoms with Gasteiger partial charge in [0, 0.05) is 34.9 Å². The van der Waals surface area contributed by atoms with Gasteiger partial charge in [0.15, 0.2) is 0 Å².